The molecule has 1 N–H and O–H groups in total. The smallest absolute Gasteiger partial charge is 0.338 e. The van der Waals surface area contributed by atoms with Gasteiger partial charge in [-0.2, -0.15) is 0 Å². The summed E-state index contributed by atoms with van der Waals surface area (Å²) >= 11 is 6.43. The monoisotopic (exact) mass is 456 g/mol. The zero-order chi connectivity index (χ0) is 22.4. The molecule has 2 aromatic rings. The average molecular weight is 457 g/mol. The summed E-state index contributed by atoms with van der Waals surface area (Å²) in [6, 6.07) is 13.6. The Balaban J connectivity index is 1.62. The first kappa shape index (κ1) is 22.5. The number of benzene rings is 2. The maximum atomic E-state index is 12.7. The molecule has 0 unspecified atom stereocenters. The van der Waals surface area contributed by atoms with E-state index >= 15 is 0 Å². The molecule has 0 radical (unpaired) electrons. The summed E-state index contributed by atoms with van der Waals surface area (Å²) in [6.07, 6.45) is 1.73. The van der Waals surface area contributed by atoms with E-state index in [2.05, 4.69) is 5.32 Å². The highest BCUT2D eigenvalue weighted by Crippen LogP contribution is 2.32. The number of hydrogen-bond donors (Lipinski definition) is 1. The number of thiocarbonyl (C=S) groups is 1. The van der Waals surface area contributed by atoms with Crippen molar-refractivity contribution in [1.29, 1.82) is 0 Å². The van der Waals surface area contributed by atoms with E-state index in [1.807, 2.05) is 12.1 Å². The van der Waals surface area contributed by atoms with Crippen LogP contribution in [0.15, 0.2) is 53.4 Å². The zero-order valence-corrected chi connectivity index (χ0v) is 18.5. The number of nitrogens with zero attached hydrogens (tertiary/aromatic N) is 1. The lowest BCUT2D eigenvalue weighted by Gasteiger charge is -2.14. The maximum Gasteiger partial charge on any atom is 0.338 e. The number of ether oxygens (including phenoxy) is 2. The molecule has 0 aliphatic carbocycles. The zero-order valence-electron chi connectivity index (χ0n) is 16.9. The minimum Gasteiger partial charge on any atom is -0.497 e. The summed E-state index contributed by atoms with van der Waals surface area (Å²) in [6.45, 7) is 1.81. The van der Waals surface area contributed by atoms with E-state index in [1.165, 1.54) is 4.90 Å². The van der Waals surface area contributed by atoms with Crippen LogP contribution in [0, 0.1) is 0 Å². The third kappa shape index (κ3) is 5.71. The Morgan fingerprint density at radius 3 is 2.42 bits per heavy atom. The summed E-state index contributed by atoms with van der Waals surface area (Å²) in [5, 5.41) is 2.70. The molecule has 1 aliphatic rings. The molecule has 9 heteroatoms. The number of esters is 1. The van der Waals surface area contributed by atoms with Crippen LogP contribution in [0.2, 0.25) is 0 Å². The van der Waals surface area contributed by atoms with Gasteiger partial charge in [0, 0.05) is 5.69 Å². The van der Waals surface area contributed by atoms with Crippen LogP contribution in [0.1, 0.15) is 22.8 Å². The second-order valence-corrected chi connectivity index (χ2v) is 8.06. The SMILES string of the molecule is CCOC(=O)c1ccc(NC(=O)CN2C(=O)/C(=C/c3ccc(OC)cc3)SC2=S)cc1. The van der Waals surface area contributed by atoms with Gasteiger partial charge in [-0.1, -0.05) is 36.1 Å². The van der Waals surface area contributed by atoms with Crippen LogP contribution in [-0.2, 0) is 14.3 Å². The van der Waals surface area contributed by atoms with Crippen LogP contribution in [0.25, 0.3) is 6.08 Å². The number of carbonyl (C=O) groups is 3. The number of hydrogen-bond acceptors (Lipinski definition) is 7. The van der Waals surface area contributed by atoms with E-state index in [0.717, 1.165) is 23.1 Å². The van der Waals surface area contributed by atoms with E-state index in [4.69, 9.17) is 21.7 Å². The predicted molar refractivity (Wildman–Crippen MR) is 124 cm³/mol. The van der Waals surface area contributed by atoms with E-state index in [9.17, 15) is 14.4 Å². The standard InChI is InChI=1S/C22H20N2O5S2/c1-3-29-21(27)15-6-8-16(9-7-15)23-19(25)13-24-20(26)18(31-22(24)30)12-14-4-10-17(28-2)11-5-14/h4-12H,3,13H2,1-2H3,(H,23,25)/b18-12-. The van der Waals surface area contributed by atoms with Crippen molar-refractivity contribution in [3.05, 3.63) is 64.6 Å². The lowest BCUT2D eigenvalue weighted by molar-refractivity contribution is -0.126. The predicted octanol–water partition coefficient (Wildman–Crippen LogP) is 3.71. The molecule has 0 saturated carbocycles. The van der Waals surface area contributed by atoms with Gasteiger partial charge in [0.25, 0.3) is 5.91 Å². The van der Waals surface area contributed by atoms with E-state index in [-0.39, 0.29) is 19.1 Å². The first-order valence-corrected chi connectivity index (χ1v) is 10.6. The van der Waals surface area contributed by atoms with Gasteiger partial charge < -0.3 is 14.8 Å². The first-order chi connectivity index (χ1) is 14.9. The van der Waals surface area contributed by atoms with E-state index < -0.39 is 11.9 Å². The largest absolute Gasteiger partial charge is 0.497 e. The number of amides is 2. The molecular formula is C22H20N2O5S2. The number of anilines is 1. The van der Waals surface area contributed by atoms with E-state index in [0.29, 0.717) is 20.5 Å². The summed E-state index contributed by atoms with van der Waals surface area (Å²) in [7, 11) is 1.58. The van der Waals surface area contributed by atoms with Gasteiger partial charge >= 0.3 is 5.97 Å². The third-order valence-electron chi connectivity index (χ3n) is 4.27. The highest BCUT2D eigenvalue weighted by Gasteiger charge is 2.33. The number of methoxy groups -OCH3 is 1. The van der Waals surface area contributed by atoms with Gasteiger partial charge in [-0.25, -0.2) is 4.79 Å². The third-order valence-corrected chi connectivity index (χ3v) is 5.65. The topological polar surface area (TPSA) is 84.9 Å². The number of nitrogens with one attached hydrogen (secondary N) is 1. The Morgan fingerprint density at radius 1 is 1.13 bits per heavy atom. The maximum absolute atomic E-state index is 12.7. The summed E-state index contributed by atoms with van der Waals surface area (Å²) in [5.41, 5.74) is 1.71. The van der Waals surface area contributed by atoms with Crippen LogP contribution >= 0.6 is 24.0 Å². The van der Waals surface area contributed by atoms with Gasteiger partial charge in [-0.05, 0) is 55.0 Å². The molecular weight excluding hydrogens is 436 g/mol. The van der Waals surface area contributed by atoms with Crippen LogP contribution in [0.4, 0.5) is 5.69 Å². The van der Waals surface area contributed by atoms with Crippen molar-refractivity contribution in [3.8, 4) is 5.75 Å². The fourth-order valence-corrected chi connectivity index (χ4v) is 3.99. The van der Waals surface area contributed by atoms with Gasteiger partial charge in [0.05, 0.1) is 24.2 Å². The Hall–Kier alpha value is -3.17. The molecule has 0 atom stereocenters. The summed E-state index contributed by atoms with van der Waals surface area (Å²) < 4.78 is 10.4. The molecule has 0 spiro atoms. The molecule has 2 aromatic carbocycles. The van der Waals surface area contributed by atoms with Crippen LogP contribution < -0.4 is 10.1 Å². The molecule has 1 heterocycles. The second-order valence-electron chi connectivity index (χ2n) is 6.39. The molecule has 3 rings (SSSR count). The van der Waals surface area contributed by atoms with Crippen molar-refractivity contribution in [3.63, 3.8) is 0 Å². The van der Waals surface area contributed by atoms with Crippen molar-refractivity contribution < 1.29 is 23.9 Å². The fraction of sp³-hybridized carbons (Fsp3) is 0.182. The lowest BCUT2D eigenvalue weighted by atomic mass is 10.2. The molecule has 7 nitrogen and oxygen atoms in total. The number of thioether (sulfide) groups is 1. The highest BCUT2D eigenvalue weighted by atomic mass is 32.2. The number of carbonyl (C=O) groups excluding carboxylic acids is 3. The molecule has 0 bridgehead atoms. The Bertz CT molecular complexity index is 1030. The molecule has 1 fully saturated rings. The van der Waals surface area contributed by atoms with Gasteiger partial charge in [-0.15, -0.1) is 0 Å². The Kier molecular flexibility index (Phi) is 7.43. The Labute approximate surface area is 189 Å². The highest BCUT2D eigenvalue weighted by molar-refractivity contribution is 8.26. The van der Waals surface area contributed by atoms with Crippen molar-refractivity contribution >= 4 is 57.8 Å². The minimum atomic E-state index is -0.429. The van der Waals surface area contributed by atoms with Gasteiger partial charge in [0.15, 0.2) is 0 Å². The average Bonchev–Trinajstić information content (AvgIpc) is 3.02. The molecule has 31 heavy (non-hydrogen) atoms. The fourth-order valence-electron chi connectivity index (χ4n) is 2.74. The van der Waals surface area contributed by atoms with Gasteiger partial charge in [0.1, 0.15) is 16.6 Å². The van der Waals surface area contributed by atoms with Crippen molar-refractivity contribution in [1.82, 2.24) is 4.90 Å². The second kappa shape index (κ2) is 10.2. The van der Waals surface area contributed by atoms with Crippen LogP contribution in [-0.4, -0.2) is 47.3 Å². The molecule has 2 amide bonds. The van der Waals surface area contributed by atoms with Crippen molar-refractivity contribution in [2.24, 2.45) is 0 Å². The quantitative estimate of drug-likeness (QED) is 0.386. The summed E-state index contributed by atoms with van der Waals surface area (Å²) in [5.74, 6) is -0.428. The van der Waals surface area contributed by atoms with Crippen molar-refractivity contribution in [2.45, 2.75) is 6.92 Å². The molecule has 0 aromatic heterocycles. The van der Waals surface area contributed by atoms with Crippen LogP contribution in [0.5, 0.6) is 5.75 Å². The summed E-state index contributed by atoms with van der Waals surface area (Å²) in [4.78, 5) is 38.5. The normalized spacial score (nSPS) is 14.6. The van der Waals surface area contributed by atoms with Crippen LogP contribution in [0.3, 0.4) is 0 Å². The lowest BCUT2D eigenvalue weighted by Crippen LogP contribution is -2.36. The van der Waals surface area contributed by atoms with Gasteiger partial charge in [0.2, 0.25) is 5.91 Å². The van der Waals surface area contributed by atoms with Crippen molar-refractivity contribution in [2.75, 3.05) is 25.6 Å². The molecule has 1 saturated heterocycles. The minimum absolute atomic E-state index is 0.204. The van der Waals surface area contributed by atoms with E-state index in [1.54, 1.807) is 56.5 Å². The van der Waals surface area contributed by atoms with Gasteiger partial charge in [-0.3, -0.25) is 14.5 Å². The molecule has 1 aliphatic heterocycles. The Morgan fingerprint density at radius 2 is 1.81 bits per heavy atom. The number of rotatable bonds is 7. The molecule has 160 valence electrons. The first-order valence-electron chi connectivity index (χ1n) is 9.37.